The molecule has 0 saturated heterocycles. The zero-order chi connectivity index (χ0) is 10.6. The van der Waals surface area contributed by atoms with E-state index in [9.17, 15) is 4.79 Å². The van der Waals surface area contributed by atoms with Gasteiger partial charge >= 0.3 is 0 Å². The summed E-state index contributed by atoms with van der Waals surface area (Å²) < 4.78 is 0. The Kier molecular flexibility index (Phi) is 2.97. The van der Waals surface area contributed by atoms with Crippen LogP contribution in [0.2, 0.25) is 0 Å². The Morgan fingerprint density at radius 3 is 3.07 bits per heavy atom. The zero-order valence-electron chi connectivity index (χ0n) is 7.56. The number of hydrogen-bond acceptors (Lipinski definition) is 5. The van der Waals surface area contributed by atoms with Gasteiger partial charge in [-0.2, -0.15) is 5.26 Å². The number of aromatic nitrogens is 2. The molecule has 1 amide bonds. The molecule has 0 saturated carbocycles. The van der Waals surface area contributed by atoms with Crippen LogP contribution in [-0.4, -0.2) is 21.9 Å². The molecule has 6 heteroatoms. The predicted octanol–water partition coefficient (Wildman–Crippen LogP) is -0.366. The van der Waals surface area contributed by atoms with E-state index >= 15 is 0 Å². The van der Waals surface area contributed by atoms with Gasteiger partial charge in [0.2, 0.25) is 11.9 Å². The molecule has 0 bridgehead atoms. The van der Waals surface area contributed by atoms with Crippen molar-refractivity contribution in [3.8, 4) is 6.07 Å². The highest BCUT2D eigenvalue weighted by atomic mass is 16.1. The molecule has 1 heterocycles. The molecule has 0 aliphatic heterocycles. The first-order valence-electron chi connectivity index (χ1n) is 3.92. The van der Waals surface area contributed by atoms with Crippen molar-refractivity contribution in [1.82, 2.24) is 9.97 Å². The van der Waals surface area contributed by atoms with Crippen LogP contribution in [0.3, 0.4) is 0 Å². The smallest absolute Gasteiger partial charge is 0.239 e. The molecular weight excluding hydrogens is 182 g/mol. The quantitative estimate of drug-likeness (QED) is 0.678. The fraction of sp³-hybridized carbons (Fsp3) is 0.250. The Balaban J connectivity index is 2.78. The number of amides is 1. The number of carbonyl (C=O) groups excluding carboxylic acids is 1. The molecule has 0 unspecified atom stereocenters. The molecule has 6 nitrogen and oxygen atoms in total. The Hall–Kier alpha value is -2.16. The van der Waals surface area contributed by atoms with Gasteiger partial charge in [0.15, 0.2) is 0 Å². The minimum Gasteiger partial charge on any atom is -0.368 e. The molecule has 1 rings (SSSR count). The zero-order valence-corrected chi connectivity index (χ0v) is 7.56. The highest BCUT2D eigenvalue weighted by Crippen LogP contribution is 2.00. The minimum absolute atomic E-state index is 0.218. The third kappa shape index (κ3) is 2.42. The van der Waals surface area contributed by atoms with Crippen LogP contribution >= 0.6 is 0 Å². The van der Waals surface area contributed by atoms with Crippen LogP contribution < -0.4 is 11.1 Å². The van der Waals surface area contributed by atoms with Gasteiger partial charge in [-0.05, 0) is 13.0 Å². The first kappa shape index (κ1) is 9.92. The number of nitriles is 1. The average Bonchev–Trinajstić information content (AvgIpc) is 2.18. The number of nitrogens with zero attached hydrogens (tertiary/aromatic N) is 3. The molecule has 0 fully saturated rings. The third-order valence-electron chi connectivity index (χ3n) is 1.54. The van der Waals surface area contributed by atoms with Crippen molar-refractivity contribution in [1.29, 1.82) is 5.26 Å². The second-order valence-corrected chi connectivity index (χ2v) is 2.65. The molecule has 0 aromatic carbocycles. The third-order valence-corrected chi connectivity index (χ3v) is 1.54. The molecule has 0 aliphatic rings. The molecular formula is C8H9N5O. The Bertz CT molecular complexity index is 384. The van der Waals surface area contributed by atoms with E-state index in [4.69, 9.17) is 11.0 Å². The molecule has 0 spiro atoms. The molecule has 3 N–H and O–H groups in total. The molecule has 0 radical (unpaired) electrons. The number of nitrogens with two attached hydrogens (primary N) is 1. The summed E-state index contributed by atoms with van der Waals surface area (Å²) in [4.78, 5) is 18.3. The van der Waals surface area contributed by atoms with E-state index < -0.39 is 11.9 Å². The van der Waals surface area contributed by atoms with Crippen LogP contribution in [-0.2, 0) is 4.79 Å². The highest BCUT2D eigenvalue weighted by Gasteiger charge is 2.09. The maximum absolute atomic E-state index is 10.7. The summed E-state index contributed by atoms with van der Waals surface area (Å²) >= 11 is 0. The largest absolute Gasteiger partial charge is 0.368 e. The summed E-state index contributed by atoms with van der Waals surface area (Å²) in [6.07, 6.45) is 1.43. The Labute approximate surface area is 80.8 Å². The van der Waals surface area contributed by atoms with Gasteiger partial charge in [0.25, 0.3) is 0 Å². The highest BCUT2D eigenvalue weighted by molar-refractivity contribution is 5.81. The van der Waals surface area contributed by atoms with Crippen molar-refractivity contribution in [2.24, 2.45) is 5.73 Å². The van der Waals surface area contributed by atoms with Gasteiger partial charge in [0, 0.05) is 6.20 Å². The lowest BCUT2D eigenvalue weighted by Crippen LogP contribution is -2.33. The number of nitrogens with one attached hydrogen (secondary N) is 1. The molecule has 1 atom stereocenters. The van der Waals surface area contributed by atoms with Crippen LogP contribution in [0, 0.1) is 11.3 Å². The van der Waals surface area contributed by atoms with Gasteiger partial charge in [-0.3, -0.25) is 4.79 Å². The van der Waals surface area contributed by atoms with Gasteiger partial charge in [-0.25, -0.2) is 9.97 Å². The Morgan fingerprint density at radius 2 is 2.50 bits per heavy atom. The molecule has 1 aromatic heterocycles. The molecule has 1 aromatic rings. The summed E-state index contributed by atoms with van der Waals surface area (Å²) in [6.45, 7) is 1.59. The van der Waals surface area contributed by atoms with E-state index in [1.54, 1.807) is 6.92 Å². The van der Waals surface area contributed by atoms with Crippen molar-refractivity contribution < 1.29 is 4.79 Å². The second-order valence-electron chi connectivity index (χ2n) is 2.65. The number of hydrogen-bond donors (Lipinski definition) is 2. The fourth-order valence-electron chi connectivity index (χ4n) is 0.755. The van der Waals surface area contributed by atoms with Crippen molar-refractivity contribution in [3.05, 3.63) is 18.0 Å². The molecule has 14 heavy (non-hydrogen) atoms. The second kappa shape index (κ2) is 4.18. The van der Waals surface area contributed by atoms with Crippen molar-refractivity contribution in [2.75, 3.05) is 5.32 Å². The monoisotopic (exact) mass is 191 g/mol. The van der Waals surface area contributed by atoms with E-state index in [0.29, 0.717) is 0 Å². The number of rotatable bonds is 3. The lowest BCUT2D eigenvalue weighted by atomic mass is 10.3. The predicted molar refractivity (Wildman–Crippen MR) is 49.0 cm³/mol. The van der Waals surface area contributed by atoms with Gasteiger partial charge in [0.05, 0.1) is 0 Å². The lowest BCUT2D eigenvalue weighted by molar-refractivity contribution is -0.118. The summed E-state index contributed by atoms with van der Waals surface area (Å²) in [5.41, 5.74) is 5.27. The first-order valence-corrected chi connectivity index (χ1v) is 3.92. The van der Waals surface area contributed by atoms with Gasteiger partial charge in [-0.15, -0.1) is 0 Å². The number of anilines is 1. The van der Waals surface area contributed by atoms with E-state index in [2.05, 4.69) is 15.3 Å². The minimum atomic E-state index is -0.566. The Morgan fingerprint density at radius 1 is 1.79 bits per heavy atom. The fourth-order valence-corrected chi connectivity index (χ4v) is 0.755. The van der Waals surface area contributed by atoms with Crippen molar-refractivity contribution >= 4 is 11.9 Å². The maximum Gasteiger partial charge on any atom is 0.239 e. The van der Waals surface area contributed by atoms with Crippen LogP contribution in [0.25, 0.3) is 0 Å². The standard InChI is InChI=1S/C8H9N5O/c1-5(7(10)14)12-8-11-3-2-6(4-9)13-8/h2-3,5H,1H3,(H2,10,14)(H,11,12,13)/t5-/m1/s1. The van der Waals surface area contributed by atoms with Crippen molar-refractivity contribution in [2.45, 2.75) is 13.0 Å². The van der Waals surface area contributed by atoms with Crippen LogP contribution in [0.15, 0.2) is 12.3 Å². The van der Waals surface area contributed by atoms with E-state index in [0.717, 1.165) is 0 Å². The first-order chi connectivity index (χ1) is 6.63. The van der Waals surface area contributed by atoms with Crippen LogP contribution in [0.1, 0.15) is 12.6 Å². The van der Waals surface area contributed by atoms with Crippen LogP contribution in [0.4, 0.5) is 5.95 Å². The summed E-state index contributed by atoms with van der Waals surface area (Å²) in [6, 6.07) is 2.77. The maximum atomic E-state index is 10.7. The SMILES string of the molecule is C[C@@H](Nc1nccc(C#N)n1)C(N)=O. The normalized spacial score (nSPS) is 11.4. The van der Waals surface area contributed by atoms with Gasteiger partial charge in [0.1, 0.15) is 17.8 Å². The molecule has 0 aliphatic carbocycles. The molecule has 72 valence electrons. The summed E-state index contributed by atoms with van der Waals surface area (Å²) in [5, 5.41) is 11.2. The van der Waals surface area contributed by atoms with Crippen molar-refractivity contribution in [3.63, 3.8) is 0 Å². The average molecular weight is 191 g/mol. The van der Waals surface area contributed by atoms with Gasteiger partial charge < -0.3 is 11.1 Å². The summed E-state index contributed by atoms with van der Waals surface area (Å²) in [7, 11) is 0. The van der Waals surface area contributed by atoms with Gasteiger partial charge in [-0.1, -0.05) is 0 Å². The van der Waals surface area contributed by atoms with E-state index in [1.165, 1.54) is 12.3 Å². The number of primary amides is 1. The lowest BCUT2D eigenvalue weighted by Gasteiger charge is -2.08. The van der Waals surface area contributed by atoms with E-state index in [1.807, 2.05) is 6.07 Å². The van der Waals surface area contributed by atoms with E-state index in [-0.39, 0.29) is 11.6 Å². The summed E-state index contributed by atoms with van der Waals surface area (Å²) in [5.74, 6) is -0.286. The topological polar surface area (TPSA) is 105 Å². The van der Waals surface area contributed by atoms with Crippen LogP contribution in [0.5, 0.6) is 0 Å². The number of carbonyl (C=O) groups is 1.